The van der Waals surface area contributed by atoms with E-state index in [1.54, 1.807) is 15.9 Å². The van der Waals surface area contributed by atoms with Crippen molar-refractivity contribution in [3.63, 3.8) is 0 Å². The second-order valence-corrected chi connectivity index (χ2v) is 1.80. The summed E-state index contributed by atoms with van der Waals surface area (Å²) in [4.78, 5) is 5.45. The summed E-state index contributed by atoms with van der Waals surface area (Å²) in [6, 6.07) is 0. The molecule has 0 aliphatic rings. The number of aliphatic carboxylic acids is 1. The van der Waals surface area contributed by atoms with Gasteiger partial charge in [0, 0.05) is 46.9 Å². The van der Waals surface area contributed by atoms with Gasteiger partial charge < -0.3 is 5.11 Å². The summed E-state index contributed by atoms with van der Waals surface area (Å²) in [5.41, 5.74) is 0. The number of alkyl halides is 3. The van der Waals surface area contributed by atoms with Crippen molar-refractivity contribution < 1.29 is 20.1 Å². The third-order valence-electron chi connectivity index (χ3n) is 0.243. The number of hydrogen-bond donors (Lipinski definition) is 1. The van der Waals surface area contributed by atoms with E-state index in [-0.39, 0.29) is 31.0 Å². The van der Waals surface area contributed by atoms with Crippen LogP contribution in [0.15, 0.2) is 0 Å². The number of carboxylic acids is 1. The van der Waals surface area contributed by atoms with Crippen LogP contribution in [0.2, 0.25) is 0 Å². The smallest absolute Gasteiger partial charge is 0.395 e. The molecule has 0 aromatic heterocycles. The quantitative estimate of drug-likeness (QED) is 0.504. The van der Waals surface area contributed by atoms with E-state index < -0.39 is 10.8 Å². The molecule has 0 rings (SSSR count). The number of carbonyl (C=O) groups is 1. The normalized spacial score (nSPS) is 9.88. The molecule has 0 aliphatic heterocycles. The van der Waals surface area contributed by atoms with Gasteiger partial charge in [0.1, 0.15) is 0 Å². The third-order valence-corrected chi connectivity index (χ3v) is 0.582. The van der Waals surface area contributed by atoms with E-state index in [2.05, 4.69) is 0 Å². The van der Waals surface area contributed by atoms with Crippen LogP contribution < -0.4 is 0 Å². The molecule has 0 aromatic carbocycles. The molecule has 0 spiro atoms. The molecular weight excluding hydrogens is 197 g/mol. The van der Waals surface area contributed by atoms with Crippen molar-refractivity contribution in [2.24, 2.45) is 0 Å². The minimum absolute atomic E-state index is 0. The van der Waals surface area contributed by atoms with Gasteiger partial charge in [-0.25, -0.2) is 4.79 Å². The molecule has 0 amide bonds. The Bertz CT molecular complexity index is 95.1. The number of halogens is 3. The van der Waals surface area contributed by atoms with Gasteiger partial charge in [0.15, 0.2) is 0 Å². The summed E-state index contributed by atoms with van der Waals surface area (Å²) in [6.45, 7) is 0. The number of hydrogen-bond acceptors (Lipinski definition) is 1. The van der Waals surface area contributed by atoms with Gasteiger partial charge >= 0.3 is 10.8 Å². The minimum atomic E-state index is -3.77. The molecule has 8 heavy (non-hydrogen) atoms. The summed E-state index contributed by atoms with van der Waals surface area (Å²) in [7, 11) is 0. The van der Waals surface area contributed by atoms with Gasteiger partial charge in [-0.1, -0.05) is 0 Å². The molecule has 1 radical (unpaired) electrons. The molecule has 0 fully saturated rings. The minimum Gasteiger partial charge on any atom is -0.476 e. The molecule has 0 bridgehead atoms. The van der Waals surface area contributed by atoms with Crippen LogP contribution in [0.5, 0.6) is 0 Å². The van der Waals surface area contributed by atoms with Crippen LogP contribution in [-0.2, 0) is 4.79 Å². The molecule has 0 saturated carbocycles. The Balaban J connectivity index is -0.000000180. The standard InChI is InChI=1S/C2HBrF2O2.Na.H2/c3-2(4,5)1(6)7;;/h(H,6,7);;1H. The molecular formula is C2H3BrF2NaO2. The van der Waals surface area contributed by atoms with Gasteiger partial charge in [0.25, 0.3) is 0 Å². The average Bonchev–Trinajstić information content (AvgIpc) is 1.31. The van der Waals surface area contributed by atoms with E-state index in [4.69, 9.17) is 5.11 Å². The third kappa shape index (κ3) is 4.96. The maximum absolute atomic E-state index is 11.2. The predicted molar refractivity (Wildman–Crippen MR) is 29.4 cm³/mol. The van der Waals surface area contributed by atoms with Gasteiger partial charge in [-0.15, -0.1) is 0 Å². The predicted octanol–water partition coefficient (Wildman–Crippen LogP) is 0.924. The molecule has 6 heteroatoms. The summed E-state index contributed by atoms with van der Waals surface area (Å²) in [5, 5.41) is 7.45. The maximum Gasteiger partial charge on any atom is 0.395 e. The van der Waals surface area contributed by atoms with Crippen LogP contribution in [0.1, 0.15) is 1.43 Å². The molecule has 2 nitrogen and oxygen atoms in total. The first kappa shape index (κ1) is 11.6. The first-order valence-corrected chi connectivity index (χ1v) is 2.04. The zero-order valence-corrected chi connectivity index (χ0v) is 7.58. The zero-order valence-electron chi connectivity index (χ0n) is 3.99. The van der Waals surface area contributed by atoms with Gasteiger partial charge in [-0.2, -0.15) is 8.78 Å². The van der Waals surface area contributed by atoms with E-state index in [0.717, 1.165) is 0 Å². The average molecular weight is 200 g/mol. The first-order chi connectivity index (χ1) is 2.94. The van der Waals surface area contributed by atoms with Crippen molar-refractivity contribution in [3.8, 4) is 0 Å². The fourth-order valence-corrected chi connectivity index (χ4v) is 0. The molecule has 0 aromatic rings. The Morgan fingerprint density at radius 3 is 1.88 bits per heavy atom. The number of carboxylic acid groups (broad SMARTS) is 1. The van der Waals surface area contributed by atoms with Gasteiger partial charge in [-0.05, 0) is 0 Å². The molecule has 1 N–H and O–H groups in total. The Morgan fingerprint density at radius 1 is 1.75 bits per heavy atom. The molecule has 45 valence electrons. The Kier molecular flexibility index (Phi) is 5.45. The van der Waals surface area contributed by atoms with Gasteiger partial charge in [0.05, 0.1) is 0 Å². The van der Waals surface area contributed by atoms with E-state index in [1.165, 1.54) is 0 Å². The molecule has 0 atom stereocenters. The second-order valence-electron chi connectivity index (χ2n) is 0.803. The van der Waals surface area contributed by atoms with Crippen LogP contribution >= 0.6 is 15.9 Å². The van der Waals surface area contributed by atoms with Crippen molar-refractivity contribution in [3.05, 3.63) is 0 Å². The SMILES string of the molecule is O=C(O)C(F)(F)Br.[HH].[Na]. The number of rotatable bonds is 1. The molecule has 0 aliphatic carbocycles. The van der Waals surface area contributed by atoms with Crippen molar-refractivity contribution in [2.45, 2.75) is 4.83 Å². The summed E-state index contributed by atoms with van der Waals surface area (Å²) in [5.74, 6) is -2.17. The van der Waals surface area contributed by atoms with Crippen LogP contribution in [-0.4, -0.2) is 45.5 Å². The van der Waals surface area contributed by atoms with Crippen LogP contribution in [0.4, 0.5) is 8.78 Å². The van der Waals surface area contributed by atoms with E-state index >= 15 is 0 Å². The first-order valence-electron chi connectivity index (χ1n) is 1.24. The summed E-state index contributed by atoms with van der Waals surface area (Å²) >= 11 is 1.61. The van der Waals surface area contributed by atoms with Gasteiger partial charge in [0.2, 0.25) is 0 Å². The topological polar surface area (TPSA) is 37.3 Å². The Morgan fingerprint density at radius 2 is 1.88 bits per heavy atom. The van der Waals surface area contributed by atoms with Crippen molar-refractivity contribution in [1.29, 1.82) is 0 Å². The fourth-order valence-electron chi connectivity index (χ4n) is 0. The Hall–Kier alpha value is 0.810. The summed E-state index contributed by atoms with van der Waals surface area (Å²) < 4.78 is 22.3. The molecule has 0 heterocycles. The van der Waals surface area contributed by atoms with E-state index in [9.17, 15) is 13.6 Å². The molecule has 0 saturated heterocycles. The Labute approximate surface area is 76.2 Å². The van der Waals surface area contributed by atoms with Crippen LogP contribution in [0.3, 0.4) is 0 Å². The van der Waals surface area contributed by atoms with Crippen LogP contribution in [0.25, 0.3) is 0 Å². The largest absolute Gasteiger partial charge is 0.476 e. The van der Waals surface area contributed by atoms with Crippen LogP contribution in [0, 0.1) is 0 Å². The second kappa shape index (κ2) is 3.76. The van der Waals surface area contributed by atoms with Gasteiger partial charge in [-0.3, -0.25) is 0 Å². The zero-order chi connectivity index (χ0) is 6.08. The van der Waals surface area contributed by atoms with Crippen molar-refractivity contribution in [1.82, 2.24) is 0 Å². The van der Waals surface area contributed by atoms with E-state index in [1.807, 2.05) is 0 Å². The monoisotopic (exact) mass is 199 g/mol. The maximum atomic E-state index is 11.2. The summed E-state index contributed by atoms with van der Waals surface area (Å²) in [6.07, 6.45) is 0. The van der Waals surface area contributed by atoms with Crippen molar-refractivity contribution in [2.75, 3.05) is 0 Å². The van der Waals surface area contributed by atoms with Crippen molar-refractivity contribution >= 4 is 51.5 Å². The molecule has 0 unspecified atom stereocenters. The van der Waals surface area contributed by atoms with E-state index in [0.29, 0.717) is 0 Å². The fraction of sp³-hybridized carbons (Fsp3) is 0.500.